The molecule has 132 valence electrons. The maximum Gasteiger partial charge on any atom is 0.337 e. The first kappa shape index (κ1) is 18.8. The Labute approximate surface area is 151 Å². The van der Waals surface area contributed by atoms with Crippen LogP contribution in [-0.4, -0.2) is 43.1 Å². The number of phenolic OH excluding ortho intramolecular Hbond substituents is 1. The Morgan fingerprint density at radius 2 is 1.92 bits per heavy atom. The van der Waals surface area contributed by atoms with E-state index in [0.29, 0.717) is 12.2 Å². The van der Waals surface area contributed by atoms with Gasteiger partial charge in [-0.05, 0) is 50.0 Å². The van der Waals surface area contributed by atoms with Crippen molar-refractivity contribution < 1.29 is 19.4 Å². The molecule has 2 aromatic rings. The van der Waals surface area contributed by atoms with Crippen LogP contribution >= 0.6 is 11.6 Å². The van der Waals surface area contributed by atoms with Crippen molar-refractivity contribution in [3.8, 4) is 5.75 Å². The molecule has 2 N–H and O–H groups in total. The highest BCUT2D eigenvalue weighted by molar-refractivity contribution is 6.34. The molecule has 0 radical (unpaired) electrons. The van der Waals surface area contributed by atoms with Gasteiger partial charge in [0.25, 0.3) is 5.91 Å². The predicted molar refractivity (Wildman–Crippen MR) is 96.2 cm³/mol. The maximum absolute atomic E-state index is 12.5. The number of methoxy groups -OCH3 is 1. The van der Waals surface area contributed by atoms with Gasteiger partial charge in [0.15, 0.2) is 0 Å². The Bertz CT molecular complexity index is 806. The van der Waals surface area contributed by atoms with E-state index in [1.54, 1.807) is 12.1 Å². The number of halogens is 1. The summed E-state index contributed by atoms with van der Waals surface area (Å²) in [6.45, 7) is 0.634. The third-order valence-corrected chi connectivity index (χ3v) is 3.76. The van der Waals surface area contributed by atoms with Crippen molar-refractivity contribution in [1.82, 2.24) is 4.90 Å². The number of carbonyl (C=O) groups excluding carboxylic acids is 2. The minimum atomic E-state index is -0.520. The highest BCUT2D eigenvalue weighted by atomic mass is 35.5. The van der Waals surface area contributed by atoms with E-state index in [4.69, 9.17) is 11.6 Å². The molecule has 0 spiro atoms. The highest BCUT2D eigenvalue weighted by Gasteiger charge is 2.15. The molecule has 6 nitrogen and oxygen atoms in total. The fraction of sp³-hybridized carbons (Fsp3) is 0.222. The van der Waals surface area contributed by atoms with Gasteiger partial charge in [0, 0.05) is 6.54 Å². The van der Waals surface area contributed by atoms with E-state index in [1.807, 2.05) is 19.0 Å². The van der Waals surface area contributed by atoms with Crippen molar-refractivity contribution in [3.63, 3.8) is 0 Å². The molecule has 0 atom stereocenters. The summed E-state index contributed by atoms with van der Waals surface area (Å²) in [5.74, 6) is -1.14. The summed E-state index contributed by atoms with van der Waals surface area (Å²) >= 11 is 6.11. The molecule has 0 saturated carbocycles. The monoisotopic (exact) mass is 362 g/mol. The molecule has 0 heterocycles. The molecule has 25 heavy (non-hydrogen) atoms. The van der Waals surface area contributed by atoms with Crippen LogP contribution in [-0.2, 0) is 11.3 Å². The third-order valence-electron chi connectivity index (χ3n) is 3.44. The van der Waals surface area contributed by atoms with Gasteiger partial charge in [-0.2, -0.15) is 0 Å². The van der Waals surface area contributed by atoms with Crippen LogP contribution in [0.15, 0.2) is 36.4 Å². The summed E-state index contributed by atoms with van der Waals surface area (Å²) in [5, 5.41) is 12.8. The van der Waals surface area contributed by atoms with Gasteiger partial charge in [-0.15, -0.1) is 0 Å². The van der Waals surface area contributed by atoms with E-state index in [-0.39, 0.29) is 21.9 Å². The van der Waals surface area contributed by atoms with Gasteiger partial charge in [0.2, 0.25) is 0 Å². The quantitative estimate of drug-likeness (QED) is 0.799. The van der Waals surface area contributed by atoms with E-state index in [9.17, 15) is 14.7 Å². The number of benzene rings is 2. The zero-order chi connectivity index (χ0) is 18.6. The minimum absolute atomic E-state index is 0.123. The lowest BCUT2D eigenvalue weighted by Gasteiger charge is -2.13. The number of nitrogens with one attached hydrogen (secondary N) is 1. The standard InChI is InChI=1S/C18H19ClN2O4/c1-21(2)10-11-4-7-16(22)13(8-11)17(23)20-15-6-5-12(9-14(15)19)18(24)25-3/h4-9,22H,10H2,1-3H3,(H,20,23). The van der Waals surface area contributed by atoms with Crippen molar-refractivity contribution in [3.05, 3.63) is 58.1 Å². The number of anilines is 1. The first-order valence-electron chi connectivity index (χ1n) is 7.47. The molecule has 1 amide bonds. The summed E-state index contributed by atoms with van der Waals surface area (Å²) in [6, 6.07) is 9.27. The number of hydrogen-bond acceptors (Lipinski definition) is 5. The van der Waals surface area contributed by atoms with E-state index >= 15 is 0 Å². The molecule has 0 fully saturated rings. The van der Waals surface area contributed by atoms with Crippen LogP contribution in [0.2, 0.25) is 5.02 Å². The number of phenols is 1. The van der Waals surface area contributed by atoms with Crippen LogP contribution in [0, 0.1) is 0 Å². The van der Waals surface area contributed by atoms with Crippen LogP contribution in [0.5, 0.6) is 5.75 Å². The van der Waals surface area contributed by atoms with E-state index in [2.05, 4.69) is 10.1 Å². The average Bonchev–Trinajstić information content (AvgIpc) is 2.57. The normalized spacial score (nSPS) is 10.6. The zero-order valence-corrected chi connectivity index (χ0v) is 14.9. The summed E-state index contributed by atoms with van der Waals surface area (Å²) in [6.07, 6.45) is 0. The maximum atomic E-state index is 12.5. The van der Waals surface area contributed by atoms with Crippen molar-refractivity contribution in [2.45, 2.75) is 6.54 Å². The van der Waals surface area contributed by atoms with Crippen molar-refractivity contribution in [1.29, 1.82) is 0 Å². The average molecular weight is 363 g/mol. The number of ether oxygens (including phenoxy) is 1. The molecule has 0 aromatic heterocycles. The van der Waals surface area contributed by atoms with E-state index in [1.165, 1.54) is 31.4 Å². The Morgan fingerprint density at radius 1 is 1.20 bits per heavy atom. The van der Waals surface area contributed by atoms with Crippen LogP contribution in [0.4, 0.5) is 5.69 Å². The Kier molecular flexibility index (Phi) is 6.01. The van der Waals surface area contributed by atoms with Crippen molar-refractivity contribution >= 4 is 29.2 Å². The zero-order valence-electron chi connectivity index (χ0n) is 14.2. The van der Waals surface area contributed by atoms with Gasteiger partial charge in [0.1, 0.15) is 5.75 Å². The Hall–Kier alpha value is -2.57. The second kappa shape index (κ2) is 8.00. The van der Waals surface area contributed by atoms with E-state index < -0.39 is 11.9 Å². The second-order valence-electron chi connectivity index (χ2n) is 5.73. The number of nitrogens with zero attached hydrogens (tertiary/aromatic N) is 1. The molecular weight excluding hydrogens is 344 g/mol. The van der Waals surface area contributed by atoms with Gasteiger partial charge >= 0.3 is 5.97 Å². The van der Waals surface area contributed by atoms with Crippen LogP contribution in [0.1, 0.15) is 26.3 Å². The molecule has 0 bridgehead atoms. The SMILES string of the molecule is COC(=O)c1ccc(NC(=O)c2cc(CN(C)C)ccc2O)c(Cl)c1. The van der Waals surface area contributed by atoms with E-state index in [0.717, 1.165) is 5.56 Å². The molecule has 0 aliphatic carbocycles. The predicted octanol–water partition coefficient (Wildman–Crippen LogP) is 3.15. The molecule has 7 heteroatoms. The lowest BCUT2D eigenvalue weighted by atomic mass is 10.1. The lowest BCUT2D eigenvalue weighted by molar-refractivity contribution is 0.0600. The van der Waals surface area contributed by atoms with Gasteiger partial charge < -0.3 is 20.1 Å². The molecule has 0 aliphatic rings. The summed E-state index contributed by atoms with van der Waals surface area (Å²) in [7, 11) is 5.10. The van der Waals surface area contributed by atoms with Gasteiger partial charge in [0.05, 0.1) is 28.9 Å². The summed E-state index contributed by atoms with van der Waals surface area (Å²) < 4.78 is 4.62. The molecular formula is C18H19ClN2O4. The third kappa shape index (κ3) is 4.71. The summed E-state index contributed by atoms with van der Waals surface area (Å²) in [5.41, 5.74) is 1.64. The molecule has 0 saturated heterocycles. The van der Waals surface area contributed by atoms with Crippen molar-refractivity contribution in [2.24, 2.45) is 0 Å². The first-order chi connectivity index (χ1) is 11.8. The number of aromatic hydroxyl groups is 1. The molecule has 0 aliphatic heterocycles. The number of amides is 1. The summed E-state index contributed by atoms with van der Waals surface area (Å²) in [4.78, 5) is 25.9. The van der Waals surface area contributed by atoms with Gasteiger partial charge in [-0.3, -0.25) is 4.79 Å². The molecule has 0 unspecified atom stereocenters. The Balaban J connectivity index is 2.23. The molecule has 2 rings (SSSR count). The largest absolute Gasteiger partial charge is 0.507 e. The fourth-order valence-corrected chi connectivity index (χ4v) is 2.51. The minimum Gasteiger partial charge on any atom is -0.507 e. The number of rotatable bonds is 5. The fourth-order valence-electron chi connectivity index (χ4n) is 2.28. The number of hydrogen-bond donors (Lipinski definition) is 2. The molecule has 2 aromatic carbocycles. The van der Waals surface area contributed by atoms with Crippen LogP contribution < -0.4 is 5.32 Å². The topological polar surface area (TPSA) is 78.9 Å². The second-order valence-corrected chi connectivity index (χ2v) is 6.14. The van der Waals surface area contributed by atoms with Crippen LogP contribution in [0.25, 0.3) is 0 Å². The first-order valence-corrected chi connectivity index (χ1v) is 7.85. The van der Waals surface area contributed by atoms with Crippen LogP contribution in [0.3, 0.4) is 0 Å². The van der Waals surface area contributed by atoms with Crippen molar-refractivity contribution in [2.75, 3.05) is 26.5 Å². The Morgan fingerprint density at radius 3 is 2.52 bits per heavy atom. The number of carbonyl (C=O) groups is 2. The lowest BCUT2D eigenvalue weighted by Crippen LogP contribution is -2.15. The smallest absolute Gasteiger partial charge is 0.337 e. The highest BCUT2D eigenvalue weighted by Crippen LogP contribution is 2.26. The van der Waals surface area contributed by atoms with Gasteiger partial charge in [-0.1, -0.05) is 17.7 Å². The van der Waals surface area contributed by atoms with Gasteiger partial charge in [-0.25, -0.2) is 4.79 Å². The number of esters is 1.